The quantitative estimate of drug-likeness (QED) is 0.867. The second-order valence-electron chi connectivity index (χ2n) is 3.67. The van der Waals surface area contributed by atoms with Crippen LogP contribution in [0.3, 0.4) is 0 Å². The van der Waals surface area contributed by atoms with E-state index < -0.39 is 15.8 Å². The molecule has 0 fully saturated rings. The van der Waals surface area contributed by atoms with E-state index in [2.05, 4.69) is 14.9 Å². The zero-order chi connectivity index (χ0) is 13.9. The first-order chi connectivity index (χ1) is 9.03. The van der Waals surface area contributed by atoms with Crippen molar-refractivity contribution in [3.63, 3.8) is 0 Å². The molecule has 0 saturated heterocycles. The SMILES string of the molecule is NCc1cc(S(=O)(=O)Nc2cccnn2)ccc1F. The molecule has 1 heterocycles. The number of hydrogen-bond acceptors (Lipinski definition) is 5. The Balaban J connectivity index is 2.35. The minimum Gasteiger partial charge on any atom is -0.326 e. The number of anilines is 1. The van der Waals surface area contributed by atoms with Gasteiger partial charge in [0, 0.05) is 18.3 Å². The van der Waals surface area contributed by atoms with E-state index in [4.69, 9.17) is 5.73 Å². The van der Waals surface area contributed by atoms with Crippen LogP contribution >= 0.6 is 0 Å². The molecule has 1 aromatic carbocycles. The third-order valence-corrected chi connectivity index (χ3v) is 3.71. The summed E-state index contributed by atoms with van der Waals surface area (Å²) < 4.78 is 39.6. The van der Waals surface area contributed by atoms with Crippen molar-refractivity contribution in [2.45, 2.75) is 11.4 Å². The van der Waals surface area contributed by atoms with Crippen LogP contribution < -0.4 is 10.5 Å². The molecule has 0 atom stereocenters. The van der Waals surface area contributed by atoms with Crippen LogP contribution in [0.25, 0.3) is 0 Å². The predicted octanol–water partition coefficient (Wildman–Crippen LogP) is 0.875. The highest BCUT2D eigenvalue weighted by molar-refractivity contribution is 7.92. The first-order valence-electron chi connectivity index (χ1n) is 5.32. The number of nitrogens with zero attached hydrogens (tertiary/aromatic N) is 2. The van der Waals surface area contributed by atoms with E-state index in [1.165, 1.54) is 18.3 Å². The number of nitrogens with one attached hydrogen (secondary N) is 1. The van der Waals surface area contributed by atoms with E-state index in [-0.39, 0.29) is 22.8 Å². The van der Waals surface area contributed by atoms with E-state index in [0.29, 0.717) is 0 Å². The maximum Gasteiger partial charge on any atom is 0.263 e. The monoisotopic (exact) mass is 282 g/mol. The van der Waals surface area contributed by atoms with Crippen molar-refractivity contribution in [1.29, 1.82) is 0 Å². The summed E-state index contributed by atoms with van der Waals surface area (Å²) in [4.78, 5) is -0.0833. The molecular formula is C11H11FN4O2S. The van der Waals surface area contributed by atoms with Crippen LogP contribution in [0.5, 0.6) is 0 Å². The Kier molecular flexibility index (Phi) is 3.72. The van der Waals surface area contributed by atoms with E-state index in [0.717, 1.165) is 12.1 Å². The van der Waals surface area contributed by atoms with E-state index in [1.807, 2.05) is 0 Å². The average Bonchev–Trinajstić information content (AvgIpc) is 2.39. The van der Waals surface area contributed by atoms with Crippen molar-refractivity contribution < 1.29 is 12.8 Å². The lowest BCUT2D eigenvalue weighted by molar-refractivity contribution is 0.596. The van der Waals surface area contributed by atoms with Crippen LogP contribution in [0, 0.1) is 5.82 Å². The number of rotatable bonds is 4. The lowest BCUT2D eigenvalue weighted by atomic mass is 10.2. The van der Waals surface area contributed by atoms with E-state index in [9.17, 15) is 12.8 Å². The molecule has 0 aliphatic carbocycles. The summed E-state index contributed by atoms with van der Waals surface area (Å²) in [7, 11) is -3.84. The van der Waals surface area contributed by atoms with Crippen molar-refractivity contribution in [2.24, 2.45) is 5.73 Å². The zero-order valence-electron chi connectivity index (χ0n) is 9.75. The summed E-state index contributed by atoms with van der Waals surface area (Å²) in [5, 5.41) is 7.16. The molecule has 8 heteroatoms. The predicted molar refractivity (Wildman–Crippen MR) is 67.1 cm³/mol. The van der Waals surface area contributed by atoms with Crippen molar-refractivity contribution >= 4 is 15.8 Å². The molecule has 0 unspecified atom stereocenters. The minimum atomic E-state index is -3.84. The molecule has 100 valence electrons. The largest absolute Gasteiger partial charge is 0.326 e. The molecule has 6 nitrogen and oxygen atoms in total. The van der Waals surface area contributed by atoms with Gasteiger partial charge in [-0.15, -0.1) is 5.10 Å². The number of halogens is 1. The second-order valence-corrected chi connectivity index (χ2v) is 5.35. The Bertz CT molecular complexity index is 676. The Hall–Kier alpha value is -2.06. The number of hydrogen-bond donors (Lipinski definition) is 2. The number of nitrogens with two attached hydrogens (primary N) is 1. The van der Waals surface area contributed by atoms with Gasteiger partial charge in [0.1, 0.15) is 5.82 Å². The molecular weight excluding hydrogens is 271 g/mol. The van der Waals surface area contributed by atoms with E-state index >= 15 is 0 Å². The van der Waals surface area contributed by atoms with Gasteiger partial charge in [-0.25, -0.2) is 12.8 Å². The Morgan fingerprint density at radius 3 is 2.74 bits per heavy atom. The van der Waals surface area contributed by atoms with Gasteiger partial charge in [0.05, 0.1) is 4.90 Å². The maximum atomic E-state index is 13.3. The molecule has 0 spiro atoms. The fourth-order valence-corrected chi connectivity index (χ4v) is 2.47. The smallest absolute Gasteiger partial charge is 0.263 e. The second kappa shape index (κ2) is 5.29. The van der Waals surface area contributed by atoms with Crippen LogP contribution in [-0.4, -0.2) is 18.6 Å². The summed E-state index contributed by atoms with van der Waals surface area (Å²) in [6, 6.07) is 6.41. The van der Waals surface area contributed by atoms with Crippen LogP contribution in [0.2, 0.25) is 0 Å². The van der Waals surface area contributed by atoms with Crippen LogP contribution in [0.1, 0.15) is 5.56 Å². The minimum absolute atomic E-state index is 0.0830. The van der Waals surface area contributed by atoms with Gasteiger partial charge in [-0.05, 0) is 30.3 Å². The molecule has 0 radical (unpaired) electrons. The number of benzene rings is 1. The molecule has 2 aromatic rings. The summed E-state index contributed by atoms with van der Waals surface area (Å²) in [6.45, 7) is -0.0830. The number of aromatic nitrogens is 2. The highest BCUT2D eigenvalue weighted by Crippen LogP contribution is 2.17. The van der Waals surface area contributed by atoms with Gasteiger partial charge in [-0.3, -0.25) is 4.72 Å². The zero-order valence-corrected chi connectivity index (χ0v) is 10.6. The topological polar surface area (TPSA) is 98.0 Å². The average molecular weight is 282 g/mol. The first kappa shape index (κ1) is 13.4. The Morgan fingerprint density at radius 1 is 1.32 bits per heavy atom. The Labute approximate surface area is 109 Å². The molecule has 0 amide bonds. The molecule has 0 aliphatic rings. The van der Waals surface area contributed by atoms with Crippen molar-refractivity contribution in [3.8, 4) is 0 Å². The van der Waals surface area contributed by atoms with Gasteiger partial charge in [0.15, 0.2) is 5.82 Å². The standard InChI is InChI=1S/C11H11FN4O2S/c12-10-4-3-9(6-8(10)7-13)19(17,18)16-11-2-1-5-14-15-11/h1-6H,7,13H2,(H,15,16). The van der Waals surface area contributed by atoms with E-state index in [1.54, 1.807) is 6.07 Å². The highest BCUT2D eigenvalue weighted by atomic mass is 32.2. The van der Waals surface area contributed by atoms with Gasteiger partial charge in [-0.2, -0.15) is 5.10 Å². The molecule has 2 rings (SSSR count). The molecule has 0 saturated carbocycles. The van der Waals surface area contributed by atoms with Gasteiger partial charge < -0.3 is 5.73 Å². The lowest BCUT2D eigenvalue weighted by Gasteiger charge is -2.08. The van der Waals surface area contributed by atoms with Crippen molar-refractivity contribution in [2.75, 3.05) is 4.72 Å². The van der Waals surface area contributed by atoms with Crippen molar-refractivity contribution in [1.82, 2.24) is 10.2 Å². The maximum absolute atomic E-state index is 13.3. The lowest BCUT2D eigenvalue weighted by Crippen LogP contribution is -2.15. The normalized spacial score (nSPS) is 11.3. The molecule has 1 aromatic heterocycles. The summed E-state index contributed by atoms with van der Waals surface area (Å²) in [6.07, 6.45) is 1.42. The molecule has 19 heavy (non-hydrogen) atoms. The van der Waals surface area contributed by atoms with Gasteiger partial charge in [0.2, 0.25) is 0 Å². The van der Waals surface area contributed by atoms with Crippen molar-refractivity contribution in [3.05, 3.63) is 47.9 Å². The van der Waals surface area contributed by atoms with Crippen LogP contribution in [0.4, 0.5) is 10.2 Å². The number of sulfonamides is 1. The summed E-state index contributed by atoms with van der Waals surface area (Å²) >= 11 is 0. The summed E-state index contributed by atoms with van der Waals surface area (Å²) in [5.41, 5.74) is 5.46. The van der Waals surface area contributed by atoms with Crippen LogP contribution in [-0.2, 0) is 16.6 Å². The highest BCUT2D eigenvalue weighted by Gasteiger charge is 2.16. The summed E-state index contributed by atoms with van der Waals surface area (Å²) in [5.74, 6) is -0.456. The fourth-order valence-electron chi connectivity index (χ4n) is 1.43. The third kappa shape index (κ3) is 3.04. The third-order valence-electron chi connectivity index (χ3n) is 2.36. The van der Waals surface area contributed by atoms with Crippen LogP contribution in [0.15, 0.2) is 41.4 Å². The van der Waals surface area contributed by atoms with Gasteiger partial charge in [-0.1, -0.05) is 0 Å². The Morgan fingerprint density at radius 2 is 2.11 bits per heavy atom. The first-order valence-corrected chi connectivity index (χ1v) is 6.80. The molecule has 0 aliphatic heterocycles. The van der Waals surface area contributed by atoms with Gasteiger partial charge in [0.25, 0.3) is 10.0 Å². The van der Waals surface area contributed by atoms with Gasteiger partial charge >= 0.3 is 0 Å². The molecule has 3 N–H and O–H groups in total. The fraction of sp³-hybridized carbons (Fsp3) is 0.0909. The molecule has 0 bridgehead atoms.